The quantitative estimate of drug-likeness (QED) is 0.615. The number of nitrogens with zero attached hydrogens (tertiary/aromatic N) is 2. The van der Waals surface area contributed by atoms with Crippen molar-refractivity contribution in [3.8, 4) is 6.07 Å². The molecule has 12 heavy (non-hydrogen) atoms. The number of hydrogen-bond donors (Lipinski definition) is 1. The van der Waals surface area contributed by atoms with Gasteiger partial charge in [0.05, 0.1) is 11.5 Å². The summed E-state index contributed by atoms with van der Waals surface area (Å²) in [5, 5.41) is 11.9. The molecule has 0 heterocycles. The Kier molecular flexibility index (Phi) is 4.87. The largest absolute Gasteiger partial charge is 0.314 e. The maximum atomic E-state index is 8.70. The van der Waals surface area contributed by atoms with E-state index in [0.717, 1.165) is 19.6 Å². The van der Waals surface area contributed by atoms with Crippen molar-refractivity contribution < 1.29 is 0 Å². The predicted octanol–water partition coefficient (Wildman–Crippen LogP) is 0.687. The molecular formula is C9H19N3. The van der Waals surface area contributed by atoms with Crippen LogP contribution in [0.15, 0.2) is 0 Å². The first kappa shape index (κ1) is 11.4. The van der Waals surface area contributed by atoms with Crippen molar-refractivity contribution in [3.05, 3.63) is 0 Å². The second-order valence-corrected chi connectivity index (χ2v) is 3.98. The van der Waals surface area contributed by atoms with Crippen LogP contribution >= 0.6 is 0 Å². The van der Waals surface area contributed by atoms with E-state index in [-0.39, 0.29) is 5.41 Å². The van der Waals surface area contributed by atoms with Gasteiger partial charge in [0.2, 0.25) is 0 Å². The summed E-state index contributed by atoms with van der Waals surface area (Å²) in [5.41, 5.74) is -0.244. The molecule has 3 heteroatoms. The first-order valence-electron chi connectivity index (χ1n) is 4.24. The first-order chi connectivity index (χ1) is 5.48. The van der Waals surface area contributed by atoms with Crippen LogP contribution in [-0.2, 0) is 0 Å². The highest BCUT2D eigenvalue weighted by Crippen LogP contribution is 2.09. The van der Waals surface area contributed by atoms with Gasteiger partial charge in [-0.25, -0.2) is 0 Å². The highest BCUT2D eigenvalue weighted by Gasteiger charge is 2.14. The van der Waals surface area contributed by atoms with Crippen LogP contribution in [0.1, 0.15) is 13.8 Å². The number of likely N-dealkylation sites (N-methyl/N-ethyl adjacent to an activating group) is 1. The predicted molar refractivity (Wildman–Crippen MR) is 50.8 cm³/mol. The molecule has 0 aliphatic carbocycles. The minimum absolute atomic E-state index is 0.244. The van der Waals surface area contributed by atoms with Crippen LogP contribution in [0.4, 0.5) is 0 Å². The lowest BCUT2D eigenvalue weighted by Gasteiger charge is -2.17. The molecule has 0 rings (SSSR count). The average Bonchev–Trinajstić information content (AvgIpc) is 1.98. The van der Waals surface area contributed by atoms with Crippen LogP contribution in [0, 0.1) is 16.7 Å². The Hall–Kier alpha value is -0.590. The van der Waals surface area contributed by atoms with Gasteiger partial charge >= 0.3 is 0 Å². The van der Waals surface area contributed by atoms with Gasteiger partial charge in [0.1, 0.15) is 0 Å². The summed E-state index contributed by atoms with van der Waals surface area (Å²) in [4.78, 5) is 2.12. The van der Waals surface area contributed by atoms with E-state index in [4.69, 9.17) is 5.26 Å². The molecule has 0 aromatic rings. The highest BCUT2D eigenvalue weighted by atomic mass is 15.1. The van der Waals surface area contributed by atoms with Gasteiger partial charge in [-0.15, -0.1) is 0 Å². The van der Waals surface area contributed by atoms with Crippen molar-refractivity contribution in [2.45, 2.75) is 13.8 Å². The lowest BCUT2D eigenvalue weighted by molar-refractivity contribution is 0.376. The van der Waals surface area contributed by atoms with E-state index < -0.39 is 0 Å². The van der Waals surface area contributed by atoms with Crippen LogP contribution in [-0.4, -0.2) is 38.6 Å². The van der Waals surface area contributed by atoms with Crippen molar-refractivity contribution in [2.24, 2.45) is 5.41 Å². The Labute approximate surface area is 75.4 Å². The van der Waals surface area contributed by atoms with Gasteiger partial charge in [-0.3, -0.25) is 0 Å². The number of hydrogen-bond acceptors (Lipinski definition) is 3. The van der Waals surface area contributed by atoms with Crippen LogP contribution in [0.25, 0.3) is 0 Å². The fraction of sp³-hybridized carbons (Fsp3) is 0.889. The van der Waals surface area contributed by atoms with Gasteiger partial charge in [0, 0.05) is 19.6 Å². The zero-order valence-electron chi connectivity index (χ0n) is 8.52. The fourth-order valence-electron chi connectivity index (χ4n) is 0.743. The Balaban J connectivity index is 3.39. The second-order valence-electron chi connectivity index (χ2n) is 3.98. The van der Waals surface area contributed by atoms with E-state index in [1.807, 2.05) is 27.9 Å². The summed E-state index contributed by atoms with van der Waals surface area (Å²) in [6.45, 7) is 6.60. The molecule has 0 radical (unpaired) electrons. The molecule has 0 fully saturated rings. The molecule has 0 atom stereocenters. The Morgan fingerprint density at radius 3 is 2.42 bits per heavy atom. The molecule has 0 aromatic carbocycles. The SMILES string of the molecule is CN(C)CCNCC(C)(C)C#N. The van der Waals surface area contributed by atoms with E-state index >= 15 is 0 Å². The van der Waals surface area contributed by atoms with Crippen molar-refractivity contribution in [3.63, 3.8) is 0 Å². The van der Waals surface area contributed by atoms with Gasteiger partial charge in [-0.1, -0.05) is 0 Å². The molecule has 0 saturated carbocycles. The summed E-state index contributed by atoms with van der Waals surface area (Å²) in [6, 6.07) is 2.25. The maximum absolute atomic E-state index is 8.70. The topological polar surface area (TPSA) is 39.1 Å². The lowest BCUT2D eigenvalue weighted by atomic mass is 9.96. The summed E-state index contributed by atoms with van der Waals surface area (Å²) in [7, 11) is 4.08. The van der Waals surface area contributed by atoms with Gasteiger partial charge in [0.15, 0.2) is 0 Å². The average molecular weight is 169 g/mol. The maximum Gasteiger partial charge on any atom is 0.0697 e. The second kappa shape index (κ2) is 5.13. The molecule has 1 N–H and O–H groups in total. The molecule has 0 unspecified atom stereocenters. The standard InChI is InChI=1S/C9H19N3/c1-9(2,7-10)8-11-5-6-12(3)4/h11H,5-6,8H2,1-4H3. The molecule has 70 valence electrons. The van der Waals surface area contributed by atoms with Gasteiger partial charge < -0.3 is 10.2 Å². The Morgan fingerprint density at radius 1 is 1.42 bits per heavy atom. The number of nitrogens with one attached hydrogen (secondary N) is 1. The molecule has 3 nitrogen and oxygen atoms in total. The summed E-state index contributed by atoms with van der Waals surface area (Å²) in [5.74, 6) is 0. The summed E-state index contributed by atoms with van der Waals surface area (Å²) < 4.78 is 0. The van der Waals surface area contributed by atoms with Crippen LogP contribution in [0.5, 0.6) is 0 Å². The fourth-order valence-corrected chi connectivity index (χ4v) is 0.743. The molecule has 0 aliphatic rings. The number of rotatable bonds is 5. The lowest BCUT2D eigenvalue weighted by Crippen LogP contribution is -2.33. The molecule has 0 amide bonds. The minimum atomic E-state index is -0.244. The summed E-state index contributed by atoms with van der Waals surface area (Å²) >= 11 is 0. The van der Waals surface area contributed by atoms with Crippen molar-refractivity contribution in [1.29, 1.82) is 5.26 Å². The van der Waals surface area contributed by atoms with E-state index in [1.54, 1.807) is 0 Å². The van der Waals surface area contributed by atoms with Crippen molar-refractivity contribution in [2.75, 3.05) is 33.7 Å². The zero-order valence-corrected chi connectivity index (χ0v) is 8.52. The number of nitriles is 1. The smallest absolute Gasteiger partial charge is 0.0697 e. The Bertz CT molecular complexity index is 156. The molecule has 0 spiro atoms. The van der Waals surface area contributed by atoms with Gasteiger partial charge in [0.25, 0.3) is 0 Å². The van der Waals surface area contributed by atoms with E-state index in [2.05, 4.69) is 16.3 Å². The first-order valence-corrected chi connectivity index (χ1v) is 4.24. The highest BCUT2D eigenvalue weighted by molar-refractivity contribution is 4.93. The molecular weight excluding hydrogens is 150 g/mol. The third kappa shape index (κ3) is 6.14. The van der Waals surface area contributed by atoms with Crippen molar-refractivity contribution >= 4 is 0 Å². The minimum Gasteiger partial charge on any atom is -0.314 e. The zero-order chi connectivity index (χ0) is 9.61. The van der Waals surface area contributed by atoms with Gasteiger partial charge in [-0.05, 0) is 27.9 Å². The van der Waals surface area contributed by atoms with Gasteiger partial charge in [-0.2, -0.15) is 5.26 Å². The third-order valence-corrected chi connectivity index (χ3v) is 1.61. The molecule has 0 aliphatic heterocycles. The van der Waals surface area contributed by atoms with Crippen molar-refractivity contribution in [1.82, 2.24) is 10.2 Å². The van der Waals surface area contributed by atoms with E-state index in [9.17, 15) is 0 Å². The normalized spacial score (nSPS) is 11.7. The summed E-state index contributed by atoms with van der Waals surface area (Å²) in [6.07, 6.45) is 0. The monoisotopic (exact) mass is 169 g/mol. The van der Waals surface area contributed by atoms with E-state index in [0.29, 0.717) is 0 Å². The molecule has 0 bridgehead atoms. The van der Waals surface area contributed by atoms with Crippen LogP contribution < -0.4 is 5.32 Å². The van der Waals surface area contributed by atoms with Crippen LogP contribution in [0.3, 0.4) is 0 Å². The van der Waals surface area contributed by atoms with Crippen LogP contribution in [0.2, 0.25) is 0 Å². The van der Waals surface area contributed by atoms with E-state index in [1.165, 1.54) is 0 Å². The molecule has 0 aromatic heterocycles. The third-order valence-electron chi connectivity index (χ3n) is 1.61. The molecule has 0 saturated heterocycles. The Morgan fingerprint density at radius 2 is 2.00 bits per heavy atom.